The van der Waals surface area contributed by atoms with Gasteiger partial charge in [-0.1, -0.05) is 13.8 Å². The molecule has 5 atom stereocenters. The predicted octanol–water partition coefficient (Wildman–Crippen LogP) is -0.915. The van der Waals surface area contributed by atoms with Gasteiger partial charge in [0.15, 0.2) is 0 Å². The van der Waals surface area contributed by atoms with Gasteiger partial charge < -0.3 is 25.1 Å². The first-order chi connectivity index (χ1) is 13.7. The molecule has 5 heterocycles. The summed E-state index contributed by atoms with van der Waals surface area (Å²) in [7, 11) is 0. The molecule has 5 aliphatic rings. The maximum absolute atomic E-state index is 13.4. The molecule has 29 heavy (non-hydrogen) atoms. The zero-order valence-corrected chi connectivity index (χ0v) is 17.3. The smallest absolute Gasteiger partial charge is 0.251 e. The van der Waals surface area contributed by atoms with E-state index in [1.165, 1.54) is 16.7 Å². The Balaban J connectivity index is 1.77. The van der Waals surface area contributed by atoms with Gasteiger partial charge in [-0.05, 0) is 38.5 Å². The molecule has 0 radical (unpaired) electrons. The molecule has 9 heteroatoms. The fourth-order valence-electron chi connectivity index (χ4n) is 5.32. The fourth-order valence-corrected chi connectivity index (χ4v) is 5.32. The number of fused-ring (bicyclic) bond motifs is 2. The minimum atomic E-state index is -1.11. The van der Waals surface area contributed by atoms with Gasteiger partial charge in [-0.25, -0.2) is 0 Å². The Morgan fingerprint density at radius 3 is 2.07 bits per heavy atom. The zero-order chi connectivity index (χ0) is 21.1. The number of hydrogen-bond acceptors (Lipinski definition) is 5. The van der Waals surface area contributed by atoms with Crippen LogP contribution in [0, 0.1) is 5.92 Å². The van der Waals surface area contributed by atoms with E-state index in [4.69, 9.17) is 0 Å². The molecule has 2 bridgehead atoms. The molecule has 5 rings (SSSR count). The van der Waals surface area contributed by atoms with E-state index < -0.39 is 29.8 Å². The lowest BCUT2D eigenvalue weighted by atomic mass is 9.76. The third-order valence-electron chi connectivity index (χ3n) is 7.10. The maximum Gasteiger partial charge on any atom is 0.251 e. The largest absolute Gasteiger partial charge is 0.391 e. The summed E-state index contributed by atoms with van der Waals surface area (Å²) < 4.78 is 0. The highest BCUT2D eigenvalue weighted by atomic mass is 16.3. The van der Waals surface area contributed by atoms with E-state index in [0.717, 1.165) is 6.42 Å². The van der Waals surface area contributed by atoms with E-state index in [1.807, 2.05) is 13.8 Å². The van der Waals surface area contributed by atoms with Gasteiger partial charge in [0.05, 0.1) is 12.6 Å². The topological polar surface area (TPSA) is 110 Å². The lowest BCUT2D eigenvalue weighted by Gasteiger charge is -2.55. The first kappa shape index (κ1) is 20.1. The van der Waals surface area contributed by atoms with Crippen LogP contribution in [0.25, 0.3) is 0 Å². The summed E-state index contributed by atoms with van der Waals surface area (Å²) in [5, 5.41) is 13.3. The molecule has 5 aliphatic heterocycles. The molecular formula is C20H30N4O5. The molecule has 0 aromatic heterocycles. The number of nitrogens with one attached hydrogen (secondary N) is 1. The first-order valence-corrected chi connectivity index (χ1v) is 10.6. The number of aliphatic hydroxyl groups excluding tert-OH is 1. The Kier molecular flexibility index (Phi) is 4.83. The van der Waals surface area contributed by atoms with Crippen LogP contribution in [-0.2, 0) is 19.2 Å². The molecule has 5 fully saturated rings. The van der Waals surface area contributed by atoms with Crippen molar-refractivity contribution in [3.05, 3.63) is 0 Å². The lowest BCUT2D eigenvalue weighted by Crippen LogP contribution is -2.81. The molecule has 0 saturated carbocycles. The van der Waals surface area contributed by atoms with Crippen molar-refractivity contribution in [3.63, 3.8) is 0 Å². The molecule has 160 valence electrons. The van der Waals surface area contributed by atoms with Crippen molar-refractivity contribution in [1.29, 1.82) is 0 Å². The van der Waals surface area contributed by atoms with Crippen molar-refractivity contribution in [2.75, 3.05) is 19.6 Å². The summed E-state index contributed by atoms with van der Waals surface area (Å²) in [5.74, 6) is -1.42. The molecule has 3 unspecified atom stereocenters. The minimum absolute atomic E-state index is 0.176. The molecule has 0 aliphatic carbocycles. The average Bonchev–Trinajstić information content (AvgIpc) is 3.33. The van der Waals surface area contributed by atoms with E-state index >= 15 is 0 Å². The highest BCUT2D eigenvalue weighted by Gasteiger charge is 2.60. The van der Waals surface area contributed by atoms with Gasteiger partial charge in [-0.15, -0.1) is 0 Å². The van der Waals surface area contributed by atoms with Crippen LogP contribution in [0.3, 0.4) is 0 Å². The molecule has 5 saturated heterocycles. The predicted molar refractivity (Wildman–Crippen MR) is 102 cm³/mol. The standard InChI is InChI=1S/C20H30N4O5/c1-11(2)20-10-24(19(20)29)15(12(3)25)18(28)23-9-5-7-14(23)17(27)22-8-4-6-13(22)16(26)21-20/h11-15,25H,4-10H2,1-3H3,(H,21,26)/t12?,13-,14-,15?,20?/m0/s1. The van der Waals surface area contributed by atoms with E-state index in [2.05, 4.69) is 5.32 Å². The van der Waals surface area contributed by atoms with Gasteiger partial charge in [-0.2, -0.15) is 0 Å². The Morgan fingerprint density at radius 2 is 1.52 bits per heavy atom. The third kappa shape index (κ3) is 2.85. The molecule has 4 amide bonds. The van der Waals surface area contributed by atoms with Crippen molar-refractivity contribution in [2.45, 2.75) is 76.2 Å². The van der Waals surface area contributed by atoms with Gasteiger partial charge in [-0.3, -0.25) is 19.2 Å². The monoisotopic (exact) mass is 406 g/mol. The Bertz CT molecular complexity index is 753. The molecule has 0 spiro atoms. The van der Waals surface area contributed by atoms with E-state index in [0.29, 0.717) is 32.4 Å². The van der Waals surface area contributed by atoms with Gasteiger partial charge in [0.25, 0.3) is 5.91 Å². The Hall–Kier alpha value is -2.16. The highest BCUT2D eigenvalue weighted by Crippen LogP contribution is 2.36. The highest BCUT2D eigenvalue weighted by molar-refractivity contribution is 6.03. The minimum Gasteiger partial charge on any atom is -0.391 e. The lowest BCUT2D eigenvalue weighted by molar-refractivity contribution is -0.175. The SMILES string of the molecule is CC(O)C1C(=O)N2CCC[C@H]2C(=O)N2CCC[C@H]2C(=O)NC2(C(C)C)CN1C2=O. The Morgan fingerprint density at radius 1 is 0.931 bits per heavy atom. The van der Waals surface area contributed by atoms with Gasteiger partial charge in [0.1, 0.15) is 23.7 Å². The van der Waals surface area contributed by atoms with Crippen LogP contribution in [0.4, 0.5) is 0 Å². The van der Waals surface area contributed by atoms with Crippen LogP contribution in [0.15, 0.2) is 0 Å². The van der Waals surface area contributed by atoms with Crippen LogP contribution >= 0.6 is 0 Å². The number of carbonyl (C=O) groups excluding carboxylic acids is 4. The number of rotatable bonds is 2. The molecule has 0 aromatic rings. The fraction of sp³-hybridized carbons (Fsp3) is 0.800. The van der Waals surface area contributed by atoms with Crippen molar-refractivity contribution < 1.29 is 24.3 Å². The van der Waals surface area contributed by atoms with Gasteiger partial charge >= 0.3 is 0 Å². The van der Waals surface area contributed by atoms with Gasteiger partial charge in [0, 0.05) is 13.1 Å². The van der Waals surface area contributed by atoms with Crippen molar-refractivity contribution in [3.8, 4) is 0 Å². The summed E-state index contributed by atoms with van der Waals surface area (Å²) >= 11 is 0. The van der Waals surface area contributed by atoms with Crippen LogP contribution in [0.1, 0.15) is 46.5 Å². The first-order valence-electron chi connectivity index (χ1n) is 10.6. The van der Waals surface area contributed by atoms with E-state index in [1.54, 1.807) is 4.90 Å². The number of nitrogens with zero attached hydrogens (tertiary/aromatic N) is 3. The number of amides is 4. The van der Waals surface area contributed by atoms with Crippen LogP contribution in [0.5, 0.6) is 0 Å². The second-order valence-corrected chi connectivity index (χ2v) is 9.11. The number of β-lactam (4-membered cyclic amide) rings is 1. The maximum atomic E-state index is 13.4. The van der Waals surface area contributed by atoms with Crippen LogP contribution < -0.4 is 5.32 Å². The van der Waals surface area contributed by atoms with Crippen molar-refractivity contribution in [2.24, 2.45) is 5.92 Å². The van der Waals surface area contributed by atoms with Crippen molar-refractivity contribution in [1.82, 2.24) is 20.0 Å². The third-order valence-corrected chi connectivity index (χ3v) is 7.10. The van der Waals surface area contributed by atoms with E-state index in [9.17, 15) is 24.3 Å². The summed E-state index contributed by atoms with van der Waals surface area (Å²) in [6, 6.07) is -2.29. The van der Waals surface area contributed by atoms with E-state index in [-0.39, 0.29) is 36.1 Å². The molecular weight excluding hydrogens is 376 g/mol. The summed E-state index contributed by atoms with van der Waals surface area (Å²) in [6.07, 6.45) is 1.41. The van der Waals surface area contributed by atoms with Crippen LogP contribution in [-0.4, -0.2) is 92.8 Å². The summed E-state index contributed by atoms with van der Waals surface area (Å²) in [6.45, 7) is 6.27. The number of carbonyl (C=O) groups is 4. The quantitative estimate of drug-likeness (QED) is 0.577. The second-order valence-electron chi connectivity index (χ2n) is 9.11. The number of hydrogen-bond donors (Lipinski definition) is 2. The molecule has 9 nitrogen and oxygen atoms in total. The normalized spacial score (nSPS) is 36.3. The Labute approximate surface area is 170 Å². The molecule has 2 N–H and O–H groups in total. The average molecular weight is 406 g/mol. The summed E-state index contributed by atoms with van der Waals surface area (Å²) in [5.41, 5.74) is -1.11. The van der Waals surface area contributed by atoms with Crippen LogP contribution in [0.2, 0.25) is 0 Å². The summed E-state index contributed by atoms with van der Waals surface area (Å²) in [4.78, 5) is 57.4. The second kappa shape index (κ2) is 6.97. The van der Waals surface area contributed by atoms with Gasteiger partial charge in [0.2, 0.25) is 17.7 Å². The number of aliphatic hydroxyl groups is 1. The molecule has 0 aromatic carbocycles. The zero-order valence-electron chi connectivity index (χ0n) is 17.3. The van der Waals surface area contributed by atoms with Crippen molar-refractivity contribution >= 4 is 23.6 Å².